The summed E-state index contributed by atoms with van der Waals surface area (Å²) in [6.45, 7) is 4.93. The first-order chi connectivity index (χ1) is 5.40. The van der Waals surface area contributed by atoms with Gasteiger partial charge in [-0.15, -0.1) is 0 Å². The number of piperidine rings is 1. The molecular weight excluding hydrogens is 134 g/mol. The van der Waals surface area contributed by atoms with E-state index in [1.54, 1.807) is 0 Å². The Balaban J connectivity index is 1.75. The van der Waals surface area contributed by atoms with E-state index in [0.717, 1.165) is 12.0 Å². The predicted molar refractivity (Wildman–Crippen MR) is 47.3 cm³/mol. The van der Waals surface area contributed by atoms with Gasteiger partial charge in [0.25, 0.3) is 0 Å². The average molecular weight is 152 g/mol. The molecule has 0 aromatic carbocycles. The van der Waals surface area contributed by atoms with Gasteiger partial charge in [0.2, 0.25) is 0 Å². The van der Waals surface area contributed by atoms with Crippen LogP contribution in [0.1, 0.15) is 32.6 Å². The van der Waals surface area contributed by atoms with Gasteiger partial charge in [0, 0.05) is 12.6 Å². The highest BCUT2D eigenvalue weighted by molar-refractivity contribution is 4.93. The summed E-state index contributed by atoms with van der Waals surface area (Å²) in [4.78, 5) is 2.64. The van der Waals surface area contributed by atoms with Gasteiger partial charge in [-0.3, -0.25) is 0 Å². The molecule has 1 saturated heterocycles. The summed E-state index contributed by atoms with van der Waals surface area (Å²) in [7, 11) is 0. The highest BCUT2D eigenvalue weighted by Crippen LogP contribution is 2.30. The van der Waals surface area contributed by atoms with Gasteiger partial charge in [-0.25, -0.2) is 0 Å². The molecule has 1 aliphatic heterocycles. The van der Waals surface area contributed by atoms with Crippen molar-refractivity contribution in [1.29, 1.82) is 0 Å². The summed E-state index contributed by atoms with van der Waals surface area (Å²) in [5.41, 5.74) is 0. The fourth-order valence-electron chi connectivity index (χ4n) is 1.97. The van der Waals surface area contributed by atoms with Crippen molar-refractivity contribution >= 4 is 0 Å². The van der Waals surface area contributed by atoms with Crippen molar-refractivity contribution < 1.29 is 0 Å². The van der Waals surface area contributed by atoms with Gasteiger partial charge < -0.3 is 4.90 Å². The number of nitrogens with zero attached hydrogens (tertiary/aromatic N) is 1. The maximum absolute atomic E-state index is 2.64. The third-order valence-corrected chi connectivity index (χ3v) is 3.05. The van der Waals surface area contributed by atoms with Gasteiger partial charge in [0.1, 0.15) is 0 Å². The minimum atomic E-state index is 0.921. The van der Waals surface area contributed by atoms with Crippen molar-refractivity contribution in [2.45, 2.75) is 38.6 Å². The Kier molecular flexibility index (Phi) is 2.17. The van der Waals surface area contributed by atoms with Gasteiger partial charge >= 0.3 is 0 Å². The average Bonchev–Trinajstić information content (AvgIpc) is 2.87. The minimum Gasteiger partial charge on any atom is -0.300 e. The second-order valence-corrected chi connectivity index (χ2v) is 3.92. The van der Waals surface area contributed by atoms with E-state index in [1.807, 2.05) is 0 Å². The molecule has 0 aromatic rings. The molecule has 2 aliphatic rings. The van der Waals surface area contributed by atoms with Gasteiger partial charge in [-0.2, -0.15) is 0 Å². The zero-order valence-electron chi connectivity index (χ0n) is 7.42. The highest BCUT2D eigenvalue weighted by atomic mass is 15.2. The highest BCUT2D eigenvalue weighted by Gasteiger charge is 2.31. The molecule has 1 heteroatoms. The van der Waals surface area contributed by atoms with Crippen LogP contribution in [0.5, 0.6) is 0 Å². The molecule has 1 radical (unpaired) electrons. The van der Waals surface area contributed by atoms with Crippen molar-refractivity contribution in [3.63, 3.8) is 0 Å². The first-order valence-electron chi connectivity index (χ1n) is 4.97. The Labute approximate surface area is 69.8 Å². The number of hydrogen-bond acceptors (Lipinski definition) is 1. The summed E-state index contributed by atoms with van der Waals surface area (Å²) < 4.78 is 0. The van der Waals surface area contributed by atoms with E-state index >= 15 is 0 Å². The molecule has 1 unspecified atom stereocenters. The van der Waals surface area contributed by atoms with Crippen LogP contribution in [0, 0.1) is 12.3 Å². The van der Waals surface area contributed by atoms with E-state index in [1.165, 1.54) is 38.8 Å². The molecule has 1 saturated carbocycles. The number of rotatable bonds is 2. The molecule has 2 fully saturated rings. The lowest BCUT2D eigenvalue weighted by Crippen LogP contribution is -2.35. The van der Waals surface area contributed by atoms with Crippen LogP contribution in [0.15, 0.2) is 0 Å². The van der Waals surface area contributed by atoms with Gasteiger partial charge in [0.15, 0.2) is 0 Å². The second kappa shape index (κ2) is 3.14. The topological polar surface area (TPSA) is 3.24 Å². The van der Waals surface area contributed by atoms with E-state index in [0.29, 0.717) is 0 Å². The molecule has 0 amide bonds. The molecule has 0 bridgehead atoms. The van der Waals surface area contributed by atoms with Crippen molar-refractivity contribution in [3.05, 3.63) is 6.42 Å². The van der Waals surface area contributed by atoms with Crippen LogP contribution in [0.2, 0.25) is 0 Å². The molecule has 11 heavy (non-hydrogen) atoms. The fourth-order valence-corrected chi connectivity index (χ4v) is 1.97. The van der Waals surface area contributed by atoms with Gasteiger partial charge in [-0.05, 0) is 38.1 Å². The lowest BCUT2D eigenvalue weighted by molar-refractivity contribution is 0.218. The lowest BCUT2D eigenvalue weighted by atomic mass is 9.94. The summed E-state index contributed by atoms with van der Waals surface area (Å²) in [6.07, 6.45) is 8.20. The normalized spacial score (nSPS) is 29.2. The van der Waals surface area contributed by atoms with E-state index in [2.05, 4.69) is 18.2 Å². The first kappa shape index (κ1) is 7.60. The molecule has 2 rings (SSSR count). The zero-order valence-corrected chi connectivity index (χ0v) is 7.42. The number of likely N-dealkylation sites (tertiary alicyclic amines) is 1. The Morgan fingerprint density at radius 1 is 1.36 bits per heavy atom. The summed E-state index contributed by atoms with van der Waals surface area (Å²) in [5.74, 6) is 0.921. The van der Waals surface area contributed by atoms with Gasteiger partial charge in [-0.1, -0.05) is 13.3 Å². The molecular formula is C10H18N. The van der Waals surface area contributed by atoms with Crippen molar-refractivity contribution in [2.75, 3.05) is 13.1 Å². The van der Waals surface area contributed by atoms with Crippen LogP contribution in [-0.2, 0) is 0 Å². The predicted octanol–water partition coefficient (Wildman–Crippen LogP) is 2.08. The Morgan fingerprint density at radius 3 is 2.64 bits per heavy atom. The molecule has 0 aromatic heterocycles. The number of hydrogen-bond donors (Lipinski definition) is 0. The fraction of sp³-hybridized carbons (Fsp3) is 0.900. The summed E-state index contributed by atoms with van der Waals surface area (Å²) in [5, 5.41) is 0. The zero-order chi connectivity index (χ0) is 7.68. The monoisotopic (exact) mass is 152 g/mol. The summed E-state index contributed by atoms with van der Waals surface area (Å²) >= 11 is 0. The molecule has 63 valence electrons. The smallest absolute Gasteiger partial charge is 0.00965 e. The molecule has 0 N–H and O–H groups in total. The van der Waals surface area contributed by atoms with Crippen molar-refractivity contribution in [1.82, 2.24) is 4.90 Å². The maximum Gasteiger partial charge on any atom is 0.00965 e. The van der Waals surface area contributed by atoms with Crippen LogP contribution in [0.4, 0.5) is 0 Å². The second-order valence-electron chi connectivity index (χ2n) is 3.92. The van der Waals surface area contributed by atoms with Crippen molar-refractivity contribution in [2.24, 2.45) is 5.92 Å². The standard InChI is InChI=1S/C10H18N/c1-2-9-5-7-11(8-6-9)10-3-4-10/h5,9-10H,2-4,6-8H2,1H3. The Morgan fingerprint density at radius 2 is 2.18 bits per heavy atom. The lowest BCUT2D eigenvalue weighted by Gasteiger charge is -2.31. The largest absolute Gasteiger partial charge is 0.300 e. The van der Waals surface area contributed by atoms with Crippen LogP contribution in [0.3, 0.4) is 0 Å². The van der Waals surface area contributed by atoms with E-state index in [9.17, 15) is 0 Å². The van der Waals surface area contributed by atoms with Crippen LogP contribution in [-0.4, -0.2) is 24.0 Å². The Bertz CT molecular complexity index is 121. The van der Waals surface area contributed by atoms with Crippen molar-refractivity contribution in [3.8, 4) is 0 Å². The third kappa shape index (κ3) is 1.76. The summed E-state index contributed by atoms with van der Waals surface area (Å²) in [6, 6.07) is 0.976. The van der Waals surface area contributed by atoms with Crippen LogP contribution < -0.4 is 0 Å². The molecule has 1 aliphatic carbocycles. The van der Waals surface area contributed by atoms with Gasteiger partial charge in [0.05, 0.1) is 0 Å². The SMILES string of the molecule is CCC1[CH]CN(C2CC2)CC1. The maximum atomic E-state index is 2.64. The van der Waals surface area contributed by atoms with Crippen LogP contribution >= 0.6 is 0 Å². The van der Waals surface area contributed by atoms with E-state index in [4.69, 9.17) is 0 Å². The van der Waals surface area contributed by atoms with E-state index < -0.39 is 0 Å². The minimum absolute atomic E-state index is 0.921. The molecule has 1 nitrogen and oxygen atoms in total. The molecule has 1 atom stereocenters. The quantitative estimate of drug-likeness (QED) is 0.585. The molecule has 0 spiro atoms. The van der Waals surface area contributed by atoms with Crippen LogP contribution in [0.25, 0.3) is 0 Å². The molecule has 1 heterocycles. The third-order valence-electron chi connectivity index (χ3n) is 3.05. The first-order valence-corrected chi connectivity index (χ1v) is 4.97. The van der Waals surface area contributed by atoms with E-state index in [-0.39, 0.29) is 0 Å². The Hall–Kier alpha value is -0.0400.